The average Bonchev–Trinajstić information content (AvgIpc) is 1.90. The molecule has 0 aliphatic rings. The summed E-state index contributed by atoms with van der Waals surface area (Å²) in [5.74, 6) is 0. The Balaban J connectivity index is 0.000000640. The minimum atomic E-state index is 0. The predicted octanol–water partition coefficient (Wildman–Crippen LogP) is -0.674. The van der Waals surface area contributed by atoms with Crippen LogP contribution in [0.1, 0.15) is 0 Å². The van der Waals surface area contributed by atoms with E-state index in [1.54, 1.807) is 7.05 Å². The quantitative estimate of drug-likeness (QED) is 0.617. The minimum Gasteiger partial charge on any atom is -0.687 e. The molecule has 0 aliphatic carbocycles. The van der Waals surface area contributed by atoms with Crippen molar-refractivity contribution >= 4 is 5.69 Å². The second kappa shape index (κ2) is 5.83. The van der Waals surface area contributed by atoms with Crippen molar-refractivity contribution in [1.82, 2.24) is 0 Å². The van der Waals surface area contributed by atoms with Gasteiger partial charge in [0.25, 0.3) is 0 Å². The van der Waals surface area contributed by atoms with Crippen LogP contribution in [0.25, 0.3) is 5.32 Å². The summed E-state index contributed by atoms with van der Waals surface area (Å²) in [7, 11) is 1.79. The van der Waals surface area contributed by atoms with Crippen molar-refractivity contribution in [2.75, 3.05) is 7.05 Å². The Morgan fingerprint density at radius 3 is 2.00 bits per heavy atom. The van der Waals surface area contributed by atoms with Crippen LogP contribution in [0.5, 0.6) is 0 Å². The maximum atomic E-state index is 3.97. The zero-order valence-electron chi connectivity index (χ0n) is 5.83. The second-order valence-electron chi connectivity index (χ2n) is 1.56. The van der Waals surface area contributed by atoms with Crippen LogP contribution >= 0.6 is 0 Å². The summed E-state index contributed by atoms with van der Waals surface area (Å²) in [6, 6.07) is 9.87. The molecule has 0 saturated heterocycles. The molecule has 0 atom stereocenters. The zero-order chi connectivity index (χ0) is 5.82. The number of hydrogen-bond donors (Lipinski definition) is 0. The van der Waals surface area contributed by atoms with E-state index >= 15 is 0 Å². The van der Waals surface area contributed by atoms with Gasteiger partial charge in [-0.05, 0) is 0 Å². The summed E-state index contributed by atoms with van der Waals surface area (Å²) in [4.78, 5) is 0. The van der Waals surface area contributed by atoms with Crippen molar-refractivity contribution in [2.24, 2.45) is 0 Å². The third-order valence-corrected chi connectivity index (χ3v) is 1.01. The van der Waals surface area contributed by atoms with Gasteiger partial charge in [-0.1, -0.05) is 30.3 Å². The summed E-state index contributed by atoms with van der Waals surface area (Å²) < 4.78 is 0. The van der Waals surface area contributed by atoms with E-state index in [1.165, 1.54) is 0 Å². The van der Waals surface area contributed by atoms with E-state index < -0.39 is 0 Å². The van der Waals surface area contributed by atoms with Crippen LogP contribution in [0.3, 0.4) is 0 Å². The molecule has 2 heteroatoms. The van der Waals surface area contributed by atoms with Crippen molar-refractivity contribution in [2.45, 2.75) is 0 Å². The van der Waals surface area contributed by atoms with Gasteiger partial charge in [0.15, 0.2) is 0 Å². The molecule has 42 valence electrons. The average molecular weight is 239 g/mol. The minimum absolute atomic E-state index is 0. The van der Waals surface area contributed by atoms with Crippen molar-refractivity contribution < 1.29 is 68.9 Å². The summed E-state index contributed by atoms with van der Waals surface area (Å²) in [6.07, 6.45) is 0. The van der Waals surface area contributed by atoms with E-state index in [-0.39, 0.29) is 68.9 Å². The van der Waals surface area contributed by atoms with E-state index in [1.807, 2.05) is 30.3 Å². The largest absolute Gasteiger partial charge is 1.00 e. The van der Waals surface area contributed by atoms with Gasteiger partial charge < -0.3 is 5.32 Å². The van der Waals surface area contributed by atoms with Gasteiger partial charge in [0.1, 0.15) is 0 Å². The molecule has 0 bridgehead atoms. The van der Waals surface area contributed by atoms with Crippen LogP contribution in [0.15, 0.2) is 30.3 Å². The Morgan fingerprint density at radius 1 is 1.11 bits per heavy atom. The predicted molar refractivity (Wildman–Crippen MR) is 35.4 cm³/mol. The van der Waals surface area contributed by atoms with Crippen LogP contribution in [0.4, 0.5) is 5.69 Å². The molecule has 0 heterocycles. The first kappa shape index (κ1) is 10.1. The number of rotatable bonds is 1. The van der Waals surface area contributed by atoms with E-state index in [0.29, 0.717) is 0 Å². The number of hydrogen-bond acceptors (Lipinski definition) is 0. The Kier molecular flexibility index (Phi) is 6.52. The Bertz CT molecular complexity index is 150. The van der Waals surface area contributed by atoms with E-state index in [9.17, 15) is 0 Å². The number of para-hydroxylation sites is 1. The maximum absolute atomic E-state index is 3.97. The third-order valence-electron chi connectivity index (χ3n) is 1.01. The normalized spacial score (nSPS) is 7.67. The molecule has 1 nitrogen and oxygen atoms in total. The monoisotopic (exact) mass is 239 g/mol. The first-order valence-corrected chi connectivity index (χ1v) is 2.58. The van der Waals surface area contributed by atoms with Gasteiger partial charge in [-0.2, -0.15) is 0 Å². The fourth-order valence-electron chi connectivity index (χ4n) is 0.577. The standard InChI is InChI=1S/C7H8N.Cs/c1-8-7-5-3-2-4-6-7;/h2-6H,1H3;/q-1;+1. The van der Waals surface area contributed by atoms with Gasteiger partial charge in [0.05, 0.1) is 0 Å². The molecule has 9 heavy (non-hydrogen) atoms. The fraction of sp³-hybridized carbons (Fsp3) is 0.143. The first-order chi connectivity index (χ1) is 3.93. The van der Waals surface area contributed by atoms with Crippen LogP contribution in [-0.2, 0) is 0 Å². The molecular formula is C7H8CsN. The summed E-state index contributed by atoms with van der Waals surface area (Å²) >= 11 is 0. The van der Waals surface area contributed by atoms with Crippen LogP contribution in [-0.4, -0.2) is 7.05 Å². The first-order valence-electron chi connectivity index (χ1n) is 2.58. The Morgan fingerprint density at radius 2 is 1.67 bits per heavy atom. The molecule has 0 aliphatic heterocycles. The number of benzene rings is 1. The summed E-state index contributed by atoms with van der Waals surface area (Å²) in [5, 5.41) is 3.97. The van der Waals surface area contributed by atoms with E-state index in [0.717, 1.165) is 5.69 Å². The van der Waals surface area contributed by atoms with Gasteiger partial charge in [-0.15, -0.1) is 12.7 Å². The van der Waals surface area contributed by atoms with Crippen LogP contribution in [0, 0.1) is 0 Å². The van der Waals surface area contributed by atoms with Gasteiger partial charge in [0.2, 0.25) is 0 Å². The van der Waals surface area contributed by atoms with Crippen LogP contribution < -0.4 is 68.9 Å². The molecule has 0 unspecified atom stereocenters. The van der Waals surface area contributed by atoms with E-state index in [2.05, 4.69) is 5.32 Å². The fourth-order valence-corrected chi connectivity index (χ4v) is 0.577. The zero-order valence-corrected chi connectivity index (χ0v) is 12.1. The van der Waals surface area contributed by atoms with Crippen LogP contribution in [0.2, 0.25) is 0 Å². The van der Waals surface area contributed by atoms with E-state index in [4.69, 9.17) is 0 Å². The molecule has 0 N–H and O–H groups in total. The molecule has 0 fully saturated rings. The molecule has 0 spiro atoms. The molecule has 0 amide bonds. The molecule has 0 saturated carbocycles. The van der Waals surface area contributed by atoms with Crippen molar-refractivity contribution in [3.63, 3.8) is 0 Å². The van der Waals surface area contributed by atoms with Gasteiger partial charge >= 0.3 is 68.9 Å². The molecular weight excluding hydrogens is 231 g/mol. The van der Waals surface area contributed by atoms with Crippen molar-refractivity contribution in [1.29, 1.82) is 0 Å². The van der Waals surface area contributed by atoms with Gasteiger partial charge in [-0.3, -0.25) is 0 Å². The Hall–Kier alpha value is 1.07. The molecule has 1 rings (SSSR count). The third kappa shape index (κ3) is 3.70. The van der Waals surface area contributed by atoms with Crippen molar-refractivity contribution in [3.05, 3.63) is 35.6 Å². The topological polar surface area (TPSA) is 14.1 Å². The summed E-state index contributed by atoms with van der Waals surface area (Å²) in [6.45, 7) is 0. The SMILES string of the molecule is C[N-]c1ccccc1.[Cs+]. The maximum Gasteiger partial charge on any atom is 1.00 e. The molecule has 1 aromatic carbocycles. The summed E-state index contributed by atoms with van der Waals surface area (Å²) in [5.41, 5.74) is 1.03. The second-order valence-corrected chi connectivity index (χ2v) is 1.56. The molecule has 0 aromatic heterocycles. The smallest absolute Gasteiger partial charge is 0.687 e. The number of nitrogens with zero attached hydrogens (tertiary/aromatic N) is 1. The molecule has 0 radical (unpaired) electrons. The van der Waals surface area contributed by atoms with Crippen molar-refractivity contribution in [3.8, 4) is 0 Å². The van der Waals surface area contributed by atoms with Gasteiger partial charge in [-0.25, -0.2) is 0 Å². The van der Waals surface area contributed by atoms with Gasteiger partial charge in [0, 0.05) is 0 Å². The Labute approximate surface area is 115 Å². The molecule has 1 aromatic rings.